The molecule has 0 bridgehead atoms. The van der Waals surface area contributed by atoms with Gasteiger partial charge in [-0.05, 0) is 49.6 Å². The largest absolute Gasteiger partial charge is 0.487 e. The molecule has 0 radical (unpaired) electrons. The Morgan fingerprint density at radius 3 is 2.70 bits per heavy atom. The number of hydrogen-bond donors (Lipinski definition) is 0. The Morgan fingerprint density at radius 1 is 1.07 bits per heavy atom. The van der Waals surface area contributed by atoms with Crippen LogP contribution in [-0.4, -0.2) is 33.3 Å². The third kappa shape index (κ3) is 4.13. The van der Waals surface area contributed by atoms with Gasteiger partial charge in [-0.15, -0.1) is 0 Å². The first kappa shape index (κ1) is 17.6. The van der Waals surface area contributed by atoms with E-state index >= 15 is 0 Å². The summed E-state index contributed by atoms with van der Waals surface area (Å²) in [4.78, 5) is 19.3. The molecule has 2 aromatic heterocycles. The lowest BCUT2D eigenvalue weighted by Gasteiger charge is -2.20. The van der Waals surface area contributed by atoms with E-state index in [9.17, 15) is 4.79 Å². The van der Waals surface area contributed by atoms with Gasteiger partial charge in [0, 0.05) is 31.0 Å². The molecule has 3 heterocycles. The number of pyridine rings is 1. The van der Waals surface area contributed by atoms with Gasteiger partial charge in [0.1, 0.15) is 18.0 Å². The van der Waals surface area contributed by atoms with Crippen LogP contribution in [0, 0.1) is 6.92 Å². The summed E-state index contributed by atoms with van der Waals surface area (Å²) < 4.78 is 7.92. The smallest absolute Gasteiger partial charge is 0.253 e. The summed E-state index contributed by atoms with van der Waals surface area (Å²) in [7, 11) is 0. The third-order valence-corrected chi connectivity index (χ3v) is 5.01. The maximum absolute atomic E-state index is 12.8. The van der Waals surface area contributed by atoms with E-state index in [1.807, 2.05) is 58.1 Å². The first-order chi connectivity index (χ1) is 13.2. The molecule has 0 saturated carbocycles. The summed E-state index contributed by atoms with van der Waals surface area (Å²) in [5.74, 6) is 0.800. The second-order valence-corrected chi connectivity index (χ2v) is 7.23. The molecule has 4 rings (SSSR count). The number of rotatable bonds is 4. The molecule has 0 spiro atoms. The van der Waals surface area contributed by atoms with Gasteiger partial charge in [0.2, 0.25) is 0 Å². The maximum atomic E-state index is 12.8. The standard InChI is InChI=1S/C22H25N3O2/c1-17-9-10-21-23-19(15-25(21)14-17)16-27-20-8-6-7-18(13-20)22(26)24-11-4-2-3-5-12-24/h6-10,13-15H,2-5,11-12,16H2,1H3. The molecule has 140 valence electrons. The first-order valence-electron chi connectivity index (χ1n) is 9.65. The van der Waals surface area contributed by atoms with Crippen molar-refractivity contribution >= 4 is 11.6 Å². The molecule has 27 heavy (non-hydrogen) atoms. The van der Waals surface area contributed by atoms with Crippen molar-refractivity contribution in [1.82, 2.24) is 14.3 Å². The van der Waals surface area contributed by atoms with Gasteiger partial charge in [0.25, 0.3) is 5.91 Å². The SMILES string of the molecule is Cc1ccc2nc(COc3cccc(C(=O)N4CCCCCC4)c3)cn2c1. The van der Waals surface area contributed by atoms with Crippen molar-refractivity contribution in [3.8, 4) is 5.75 Å². The van der Waals surface area contributed by atoms with E-state index in [1.54, 1.807) is 0 Å². The van der Waals surface area contributed by atoms with Crippen LogP contribution in [0.25, 0.3) is 5.65 Å². The number of carbonyl (C=O) groups is 1. The quantitative estimate of drug-likeness (QED) is 0.697. The highest BCUT2D eigenvalue weighted by Crippen LogP contribution is 2.19. The zero-order chi connectivity index (χ0) is 18.6. The van der Waals surface area contributed by atoms with Gasteiger partial charge in [-0.25, -0.2) is 4.98 Å². The first-order valence-corrected chi connectivity index (χ1v) is 9.65. The molecule has 3 aromatic rings. The Balaban J connectivity index is 1.44. The van der Waals surface area contributed by atoms with Gasteiger partial charge in [-0.2, -0.15) is 0 Å². The Kier molecular flexibility index (Phi) is 5.10. The molecule has 1 saturated heterocycles. The molecular weight excluding hydrogens is 338 g/mol. The second kappa shape index (κ2) is 7.82. The summed E-state index contributed by atoms with van der Waals surface area (Å²) in [5.41, 5.74) is 3.65. The van der Waals surface area contributed by atoms with E-state index in [0.717, 1.165) is 37.3 Å². The number of hydrogen-bond acceptors (Lipinski definition) is 3. The molecule has 1 aromatic carbocycles. The number of aromatic nitrogens is 2. The predicted molar refractivity (Wildman–Crippen MR) is 105 cm³/mol. The van der Waals surface area contributed by atoms with Crippen molar-refractivity contribution in [2.24, 2.45) is 0 Å². The van der Waals surface area contributed by atoms with Crippen LogP contribution in [0.3, 0.4) is 0 Å². The van der Waals surface area contributed by atoms with Crippen molar-refractivity contribution in [3.05, 3.63) is 65.6 Å². The molecule has 1 aliphatic rings. The van der Waals surface area contributed by atoms with E-state index in [0.29, 0.717) is 17.9 Å². The van der Waals surface area contributed by atoms with Crippen LogP contribution in [0.5, 0.6) is 5.75 Å². The second-order valence-electron chi connectivity index (χ2n) is 7.23. The minimum atomic E-state index is 0.102. The Morgan fingerprint density at radius 2 is 1.89 bits per heavy atom. The summed E-state index contributed by atoms with van der Waals surface area (Å²) in [5, 5.41) is 0. The monoisotopic (exact) mass is 363 g/mol. The topological polar surface area (TPSA) is 46.8 Å². The molecule has 5 heteroatoms. The summed E-state index contributed by atoms with van der Waals surface area (Å²) >= 11 is 0. The van der Waals surface area contributed by atoms with Crippen LogP contribution in [0.1, 0.15) is 47.3 Å². The lowest BCUT2D eigenvalue weighted by atomic mass is 10.2. The lowest BCUT2D eigenvalue weighted by Crippen LogP contribution is -2.31. The highest BCUT2D eigenvalue weighted by atomic mass is 16.5. The lowest BCUT2D eigenvalue weighted by molar-refractivity contribution is 0.0761. The number of ether oxygens (including phenoxy) is 1. The van der Waals surface area contributed by atoms with Crippen LogP contribution in [-0.2, 0) is 6.61 Å². The zero-order valence-corrected chi connectivity index (χ0v) is 15.7. The van der Waals surface area contributed by atoms with Gasteiger partial charge >= 0.3 is 0 Å². The number of nitrogens with zero attached hydrogens (tertiary/aromatic N) is 3. The molecule has 0 unspecified atom stereocenters. The highest BCUT2D eigenvalue weighted by molar-refractivity contribution is 5.94. The zero-order valence-electron chi connectivity index (χ0n) is 15.7. The van der Waals surface area contributed by atoms with Gasteiger partial charge in [0.15, 0.2) is 0 Å². The average Bonchev–Trinajstić information content (AvgIpc) is 2.89. The minimum absolute atomic E-state index is 0.102. The Hall–Kier alpha value is -2.82. The number of likely N-dealkylation sites (tertiary alicyclic amines) is 1. The number of benzene rings is 1. The number of imidazole rings is 1. The Bertz CT molecular complexity index is 940. The summed E-state index contributed by atoms with van der Waals surface area (Å²) in [6, 6.07) is 11.5. The molecule has 1 fully saturated rings. The third-order valence-electron chi connectivity index (χ3n) is 5.01. The fourth-order valence-electron chi connectivity index (χ4n) is 3.56. The van der Waals surface area contributed by atoms with E-state index in [1.165, 1.54) is 18.4 Å². The Labute approximate surface area is 159 Å². The molecular formula is C22H25N3O2. The molecule has 0 aliphatic carbocycles. The fraction of sp³-hybridized carbons (Fsp3) is 0.364. The maximum Gasteiger partial charge on any atom is 0.253 e. The van der Waals surface area contributed by atoms with E-state index in [2.05, 4.69) is 11.9 Å². The minimum Gasteiger partial charge on any atom is -0.487 e. The summed E-state index contributed by atoms with van der Waals surface area (Å²) in [6.07, 6.45) is 8.64. The van der Waals surface area contributed by atoms with Crippen LogP contribution in [0.4, 0.5) is 0 Å². The number of fused-ring (bicyclic) bond motifs is 1. The molecule has 5 nitrogen and oxygen atoms in total. The van der Waals surface area contributed by atoms with Crippen LogP contribution < -0.4 is 4.74 Å². The van der Waals surface area contributed by atoms with Crippen LogP contribution >= 0.6 is 0 Å². The van der Waals surface area contributed by atoms with Gasteiger partial charge < -0.3 is 14.0 Å². The average molecular weight is 363 g/mol. The molecule has 1 amide bonds. The number of carbonyl (C=O) groups excluding carboxylic acids is 1. The number of aryl methyl sites for hydroxylation is 1. The predicted octanol–water partition coefficient (Wildman–Crippen LogP) is 4.24. The van der Waals surface area contributed by atoms with E-state index in [-0.39, 0.29) is 5.91 Å². The summed E-state index contributed by atoms with van der Waals surface area (Å²) in [6.45, 7) is 4.14. The van der Waals surface area contributed by atoms with Crippen molar-refractivity contribution in [3.63, 3.8) is 0 Å². The molecule has 1 aliphatic heterocycles. The van der Waals surface area contributed by atoms with Gasteiger partial charge in [-0.1, -0.05) is 25.0 Å². The fourth-order valence-corrected chi connectivity index (χ4v) is 3.56. The van der Waals surface area contributed by atoms with Crippen molar-refractivity contribution < 1.29 is 9.53 Å². The molecule has 0 atom stereocenters. The van der Waals surface area contributed by atoms with Crippen molar-refractivity contribution in [2.45, 2.75) is 39.2 Å². The normalized spacial score (nSPS) is 14.9. The van der Waals surface area contributed by atoms with Gasteiger partial charge in [-0.3, -0.25) is 4.79 Å². The van der Waals surface area contributed by atoms with Gasteiger partial charge in [0.05, 0.1) is 5.69 Å². The molecule has 0 N–H and O–H groups in total. The highest BCUT2D eigenvalue weighted by Gasteiger charge is 2.17. The van der Waals surface area contributed by atoms with Crippen molar-refractivity contribution in [2.75, 3.05) is 13.1 Å². The van der Waals surface area contributed by atoms with E-state index < -0.39 is 0 Å². The van der Waals surface area contributed by atoms with Crippen LogP contribution in [0.15, 0.2) is 48.8 Å². The number of amides is 1. The van der Waals surface area contributed by atoms with Crippen LogP contribution in [0.2, 0.25) is 0 Å². The van der Waals surface area contributed by atoms with E-state index in [4.69, 9.17) is 4.74 Å². The van der Waals surface area contributed by atoms with Crippen molar-refractivity contribution in [1.29, 1.82) is 0 Å².